The molecule has 0 radical (unpaired) electrons. The summed E-state index contributed by atoms with van der Waals surface area (Å²) in [6.45, 7) is 5.89. The Hall–Kier alpha value is -1.31. The number of carbonyl (C=O) groups is 2. The van der Waals surface area contributed by atoms with Gasteiger partial charge < -0.3 is 15.3 Å². The van der Waals surface area contributed by atoms with Gasteiger partial charge in [0.2, 0.25) is 11.8 Å². The molecule has 1 rings (SSSR count). The van der Waals surface area contributed by atoms with Crippen LogP contribution in [0.1, 0.15) is 40.0 Å². The first-order valence-electron chi connectivity index (χ1n) is 7.69. The quantitative estimate of drug-likeness (QED) is 0.820. The molecule has 0 aromatic heterocycles. The Morgan fingerprint density at radius 3 is 2.17 bits per heavy atom. The average Bonchev–Trinajstić information content (AvgIpc) is 2.41. The molecular weight excluding hydrogens is 313 g/mol. The number of nitrogens with one attached hydrogen (secondary N) is 1. The van der Waals surface area contributed by atoms with Gasteiger partial charge in [-0.1, -0.05) is 20.8 Å². The Kier molecular flexibility index (Phi) is 6.44. The van der Waals surface area contributed by atoms with E-state index >= 15 is 0 Å². The van der Waals surface area contributed by atoms with Gasteiger partial charge in [0.1, 0.15) is 0 Å². The molecule has 1 aliphatic heterocycles. The second-order valence-corrected chi connectivity index (χ2v) is 7.22. The minimum atomic E-state index is -4.63. The van der Waals surface area contributed by atoms with E-state index in [1.807, 2.05) is 20.8 Å². The van der Waals surface area contributed by atoms with Crippen molar-refractivity contribution in [2.45, 2.75) is 52.3 Å². The van der Waals surface area contributed by atoms with Crippen molar-refractivity contribution in [1.29, 1.82) is 0 Å². The second-order valence-electron chi connectivity index (χ2n) is 7.22. The first kappa shape index (κ1) is 19.7. The molecule has 0 bridgehead atoms. The molecular formula is C15H25F3N2O3. The summed E-state index contributed by atoms with van der Waals surface area (Å²) in [4.78, 5) is 25.1. The van der Waals surface area contributed by atoms with Crippen LogP contribution in [0.2, 0.25) is 0 Å². The summed E-state index contributed by atoms with van der Waals surface area (Å²) in [5, 5.41) is 11.8. The molecule has 1 heterocycles. The molecule has 0 saturated carbocycles. The SMILES string of the molecule is CC(C)(C)CC(=O)NCC(=O)N1CCC(C(O)C(F)(F)F)CC1. The Balaban J connectivity index is 2.37. The summed E-state index contributed by atoms with van der Waals surface area (Å²) in [5.41, 5.74) is -0.181. The van der Waals surface area contributed by atoms with Crippen molar-refractivity contribution in [3.63, 3.8) is 0 Å². The standard InChI is InChI=1S/C15H25F3N2O3/c1-14(2,3)8-11(21)19-9-12(22)20-6-4-10(5-7-20)13(23)15(16,17)18/h10,13,23H,4-9H2,1-3H3,(H,19,21). The van der Waals surface area contributed by atoms with E-state index in [1.54, 1.807) is 0 Å². The van der Waals surface area contributed by atoms with Crippen LogP contribution in [0.25, 0.3) is 0 Å². The Morgan fingerprint density at radius 1 is 1.22 bits per heavy atom. The van der Waals surface area contributed by atoms with Crippen LogP contribution >= 0.6 is 0 Å². The number of piperidine rings is 1. The molecule has 1 atom stereocenters. The van der Waals surface area contributed by atoms with Crippen molar-refractivity contribution >= 4 is 11.8 Å². The summed E-state index contributed by atoms with van der Waals surface area (Å²) in [6, 6.07) is 0. The van der Waals surface area contributed by atoms with E-state index in [0.717, 1.165) is 0 Å². The molecule has 1 unspecified atom stereocenters. The average molecular weight is 338 g/mol. The fourth-order valence-electron chi connectivity index (χ4n) is 2.56. The van der Waals surface area contributed by atoms with Crippen molar-refractivity contribution in [3.8, 4) is 0 Å². The highest BCUT2D eigenvalue weighted by Crippen LogP contribution is 2.31. The molecule has 0 spiro atoms. The number of hydrogen-bond acceptors (Lipinski definition) is 3. The maximum atomic E-state index is 12.5. The maximum absolute atomic E-state index is 12.5. The number of rotatable bonds is 4. The molecule has 2 amide bonds. The predicted molar refractivity (Wildman–Crippen MR) is 78.4 cm³/mol. The van der Waals surface area contributed by atoms with Gasteiger partial charge in [-0.3, -0.25) is 9.59 Å². The Labute approximate surface area is 134 Å². The topological polar surface area (TPSA) is 69.6 Å². The van der Waals surface area contributed by atoms with Crippen LogP contribution in [0.5, 0.6) is 0 Å². The van der Waals surface area contributed by atoms with Gasteiger partial charge in [0.15, 0.2) is 6.10 Å². The van der Waals surface area contributed by atoms with Crippen molar-refractivity contribution in [3.05, 3.63) is 0 Å². The van der Waals surface area contributed by atoms with Crippen LogP contribution in [0.3, 0.4) is 0 Å². The number of halogens is 3. The summed E-state index contributed by atoms with van der Waals surface area (Å²) in [7, 11) is 0. The molecule has 5 nitrogen and oxygen atoms in total. The normalized spacial score (nSPS) is 18.7. The van der Waals surface area contributed by atoms with Gasteiger partial charge in [-0.2, -0.15) is 13.2 Å². The number of alkyl halides is 3. The number of aliphatic hydroxyl groups is 1. The molecule has 1 aliphatic rings. The van der Waals surface area contributed by atoms with E-state index in [4.69, 9.17) is 0 Å². The van der Waals surface area contributed by atoms with Crippen LogP contribution in [-0.4, -0.2) is 53.7 Å². The van der Waals surface area contributed by atoms with Gasteiger partial charge in [-0.15, -0.1) is 0 Å². The maximum Gasteiger partial charge on any atom is 0.414 e. The van der Waals surface area contributed by atoms with Crippen LogP contribution in [0.4, 0.5) is 13.2 Å². The molecule has 0 aromatic rings. The minimum Gasteiger partial charge on any atom is -0.383 e. The summed E-state index contributed by atoms with van der Waals surface area (Å²) in [5.74, 6) is -1.42. The molecule has 0 aromatic carbocycles. The minimum absolute atomic E-state index is 0.0996. The first-order chi connectivity index (χ1) is 10.4. The van der Waals surface area contributed by atoms with Gasteiger partial charge in [0, 0.05) is 19.5 Å². The third-order valence-electron chi connectivity index (χ3n) is 3.80. The highest BCUT2D eigenvalue weighted by Gasteiger charge is 2.44. The van der Waals surface area contributed by atoms with Gasteiger partial charge in [0.05, 0.1) is 6.54 Å². The Bertz CT molecular complexity index is 425. The molecule has 2 N–H and O–H groups in total. The number of amides is 2. The van der Waals surface area contributed by atoms with Crippen molar-refractivity contribution < 1.29 is 27.9 Å². The molecule has 23 heavy (non-hydrogen) atoms. The molecule has 0 aliphatic carbocycles. The molecule has 134 valence electrons. The lowest BCUT2D eigenvalue weighted by Crippen LogP contribution is -2.47. The van der Waals surface area contributed by atoms with Crippen LogP contribution < -0.4 is 5.32 Å². The number of aliphatic hydroxyl groups excluding tert-OH is 1. The molecule has 8 heteroatoms. The van der Waals surface area contributed by atoms with Crippen molar-refractivity contribution in [2.24, 2.45) is 11.3 Å². The lowest BCUT2D eigenvalue weighted by atomic mass is 9.91. The fourth-order valence-corrected chi connectivity index (χ4v) is 2.56. The van der Waals surface area contributed by atoms with E-state index < -0.39 is 18.2 Å². The first-order valence-corrected chi connectivity index (χ1v) is 7.69. The third-order valence-corrected chi connectivity index (χ3v) is 3.80. The summed E-state index contributed by atoms with van der Waals surface area (Å²) < 4.78 is 37.4. The van der Waals surface area contributed by atoms with Gasteiger partial charge in [-0.05, 0) is 24.2 Å². The number of likely N-dealkylation sites (tertiary alicyclic amines) is 1. The highest BCUT2D eigenvalue weighted by molar-refractivity contribution is 5.85. The molecule has 1 saturated heterocycles. The highest BCUT2D eigenvalue weighted by atomic mass is 19.4. The third kappa shape index (κ3) is 6.76. The van der Waals surface area contributed by atoms with E-state index in [-0.39, 0.29) is 49.7 Å². The summed E-state index contributed by atoms with van der Waals surface area (Å²) in [6.07, 6.45) is -6.48. The second kappa shape index (κ2) is 7.51. The fraction of sp³-hybridized carbons (Fsp3) is 0.867. The number of hydrogen-bond donors (Lipinski definition) is 2. The predicted octanol–water partition coefficient (Wildman–Crippen LogP) is 1.70. The number of nitrogens with zero attached hydrogens (tertiary/aromatic N) is 1. The van der Waals surface area contributed by atoms with Crippen molar-refractivity contribution in [1.82, 2.24) is 10.2 Å². The summed E-state index contributed by atoms with van der Waals surface area (Å²) >= 11 is 0. The van der Waals surface area contributed by atoms with E-state index in [1.165, 1.54) is 4.90 Å². The van der Waals surface area contributed by atoms with Crippen LogP contribution in [0, 0.1) is 11.3 Å². The monoisotopic (exact) mass is 338 g/mol. The zero-order valence-corrected chi connectivity index (χ0v) is 13.7. The lowest BCUT2D eigenvalue weighted by molar-refractivity contribution is -0.222. The smallest absolute Gasteiger partial charge is 0.383 e. The van der Waals surface area contributed by atoms with Gasteiger partial charge in [0.25, 0.3) is 0 Å². The van der Waals surface area contributed by atoms with E-state index in [2.05, 4.69) is 5.32 Å². The van der Waals surface area contributed by atoms with Crippen molar-refractivity contribution in [2.75, 3.05) is 19.6 Å². The van der Waals surface area contributed by atoms with E-state index in [9.17, 15) is 27.9 Å². The molecule has 1 fully saturated rings. The Morgan fingerprint density at radius 2 is 1.74 bits per heavy atom. The van der Waals surface area contributed by atoms with Crippen LogP contribution in [-0.2, 0) is 9.59 Å². The van der Waals surface area contributed by atoms with E-state index in [0.29, 0.717) is 6.42 Å². The largest absolute Gasteiger partial charge is 0.414 e. The number of carbonyl (C=O) groups excluding carboxylic acids is 2. The lowest BCUT2D eigenvalue weighted by Gasteiger charge is -2.34. The van der Waals surface area contributed by atoms with Crippen LogP contribution in [0.15, 0.2) is 0 Å². The zero-order valence-electron chi connectivity index (χ0n) is 13.7. The van der Waals surface area contributed by atoms with Gasteiger partial charge >= 0.3 is 6.18 Å². The van der Waals surface area contributed by atoms with Gasteiger partial charge in [-0.25, -0.2) is 0 Å². The zero-order chi connectivity index (χ0) is 17.8.